The van der Waals surface area contributed by atoms with Crippen LogP contribution in [0.25, 0.3) is 66.6 Å². The molecule has 0 amide bonds. The summed E-state index contributed by atoms with van der Waals surface area (Å²) in [6.07, 6.45) is 0. The lowest BCUT2D eigenvalue weighted by Gasteiger charge is -2.16. The normalized spacial score (nSPS) is 11.2. The molecule has 0 aliphatic heterocycles. The Hall–Kier alpha value is -5.08. The van der Waals surface area contributed by atoms with Gasteiger partial charge in [0.25, 0.3) is 0 Å². The standard InChI is InChI=1S/C36H24N2/c1-4-13-26(14-5-1)31-22-23-32(27-15-6-2-7-16-27)36-35(31)37-33(28-17-8-3-9-18-28)34(38-36)30-21-20-25-12-10-11-19-29(25)24-30/h1-24H. The van der Waals surface area contributed by atoms with E-state index in [4.69, 9.17) is 9.97 Å². The lowest BCUT2D eigenvalue weighted by molar-refractivity contribution is 1.29. The highest BCUT2D eigenvalue weighted by Gasteiger charge is 2.19. The number of hydrogen-bond donors (Lipinski definition) is 0. The Morgan fingerprint density at radius 2 is 0.763 bits per heavy atom. The summed E-state index contributed by atoms with van der Waals surface area (Å²) in [4.78, 5) is 10.8. The topological polar surface area (TPSA) is 25.8 Å². The van der Waals surface area contributed by atoms with Gasteiger partial charge in [-0.1, -0.05) is 140 Å². The second kappa shape index (κ2) is 9.42. The van der Waals surface area contributed by atoms with E-state index in [1.807, 2.05) is 18.2 Å². The van der Waals surface area contributed by atoms with Gasteiger partial charge in [-0.2, -0.15) is 0 Å². The zero-order valence-corrected chi connectivity index (χ0v) is 20.8. The second-order valence-corrected chi connectivity index (χ2v) is 9.44. The van der Waals surface area contributed by atoms with Gasteiger partial charge < -0.3 is 0 Å². The lowest BCUT2D eigenvalue weighted by Crippen LogP contribution is -1.99. The molecule has 178 valence electrons. The zero-order chi connectivity index (χ0) is 25.3. The van der Waals surface area contributed by atoms with Crippen LogP contribution in [0.3, 0.4) is 0 Å². The Balaban J connectivity index is 1.59. The summed E-state index contributed by atoms with van der Waals surface area (Å²) in [6.45, 7) is 0. The first-order valence-electron chi connectivity index (χ1n) is 12.9. The van der Waals surface area contributed by atoms with Gasteiger partial charge in [0.15, 0.2) is 0 Å². The monoisotopic (exact) mass is 484 g/mol. The van der Waals surface area contributed by atoms with Crippen molar-refractivity contribution < 1.29 is 0 Å². The maximum absolute atomic E-state index is 5.43. The Morgan fingerprint density at radius 1 is 0.316 bits per heavy atom. The molecule has 0 atom stereocenters. The predicted octanol–water partition coefficient (Wildman–Crippen LogP) is 9.45. The van der Waals surface area contributed by atoms with Crippen molar-refractivity contribution in [1.82, 2.24) is 9.97 Å². The molecular formula is C36H24N2. The quantitative estimate of drug-likeness (QED) is 0.249. The van der Waals surface area contributed by atoms with Gasteiger partial charge in [-0.3, -0.25) is 0 Å². The first kappa shape index (κ1) is 22.1. The number of fused-ring (bicyclic) bond motifs is 2. The minimum absolute atomic E-state index is 0.885. The Morgan fingerprint density at radius 3 is 1.32 bits per heavy atom. The van der Waals surface area contributed by atoms with E-state index in [1.165, 1.54) is 10.8 Å². The minimum atomic E-state index is 0.885. The van der Waals surface area contributed by atoms with Crippen molar-refractivity contribution in [2.24, 2.45) is 0 Å². The SMILES string of the molecule is c1ccc(-c2nc3c(-c4ccccc4)ccc(-c4ccccc4)c3nc2-c2ccc3ccccc3c2)cc1. The van der Waals surface area contributed by atoms with E-state index in [0.717, 1.165) is 55.8 Å². The predicted molar refractivity (Wildman–Crippen MR) is 159 cm³/mol. The third-order valence-corrected chi connectivity index (χ3v) is 7.06. The zero-order valence-electron chi connectivity index (χ0n) is 20.8. The molecule has 0 N–H and O–H groups in total. The van der Waals surface area contributed by atoms with E-state index in [1.54, 1.807) is 0 Å². The molecule has 7 rings (SSSR count). The van der Waals surface area contributed by atoms with Crippen molar-refractivity contribution in [3.05, 3.63) is 146 Å². The highest BCUT2D eigenvalue weighted by Crippen LogP contribution is 2.39. The van der Waals surface area contributed by atoms with Gasteiger partial charge in [0, 0.05) is 22.3 Å². The van der Waals surface area contributed by atoms with Crippen LogP contribution in [0.1, 0.15) is 0 Å². The molecule has 0 spiro atoms. The number of nitrogens with zero attached hydrogens (tertiary/aromatic N) is 2. The molecule has 0 bridgehead atoms. The third-order valence-electron chi connectivity index (χ3n) is 7.06. The van der Waals surface area contributed by atoms with Crippen molar-refractivity contribution in [2.45, 2.75) is 0 Å². The molecule has 0 saturated heterocycles. The van der Waals surface area contributed by atoms with E-state index >= 15 is 0 Å². The van der Waals surface area contributed by atoms with Crippen molar-refractivity contribution >= 4 is 21.8 Å². The van der Waals surface area contributed by atoms with Crippen molar-refractivity contribution in [3.8, 4) is 44.8 Å². The first-order valence-corrected chi connectivity index (χ1v) is 12.9. The van der Waals surface area contributed by atoms with E-state index in [2.05, 4.69) is 127 Å². The van der Waals surface area contributed by atoms with Crippen LogP contribution in [-0.2, 0) is 0 Å². The molecule has 0 fully saturated rings. The molecule has 7 aromatic rings. The van der Waals surface area contributed by atoms with Crippen LogP contribution in [-0.4, -0.2) is 9.97 Å². The molecule has 1 aromatic heterocycles. The van der Waals surface area contributed by atoms with Gasteiger partial charge in [0.1, 0.15) is 0 Å². The molecular weight excluding hydrogens is 460 g/mol. The maximum atomic E-state index is 5.43. The van der Waals surface area contributed by atoms with Crippen LogP contribution >= 0.6 is 0 Å². The highest BCUT2D eigenvalue weighted by atomic mass is 14.8. The number of aromatic nitrogens is 2. The van der Waals surface area contributed by atoms with Gasteiger partial charge >= 0.3 is 0 Å². The molecule has 0 aliphatic rings. The van der Waals surface area contributed by atoms with Crippen LogP contribution < -0.4 is 0 Å². The molecule has 38 heavy (non-hydrogen) atoms. The average molecular weight is 485 g/mol. The second-order valence-electron chi connectivity index (χ2n) is 9.44. The molecule has 6 aromatic carbocycles. The van der Waals surface area contributed by atoms with E-state index in [9.17, 15) is 0 Å². The summed E-state index contributed by atoms with van der Waals surface area (Å²) < 4.78 is 0. The molecule has 2 nitrogen and oxygen atoms in total. The summed E-state index contributed by atoms with van der Waals surface area (Å²) in [5, 5.41) is 2.40. The number of hydrogen-bond acceptors (Lipinski definition) is 2. The van der Waals surface area contributed by atoms with Crippen LogP contribution in [0.5, 0.6) is 0 Å². The average Bonchev–Trinajstić information content (AvgIpc) is 3.01. The fourth-order valence-corrected chi connectivity index (χ4v) is 5.17. The third kappa shape index (κ3) is 3.93. The summed E-state index contributed by atoms with van der Waals surface area (Å²) in [5.41, 5.74) is 10.1. The van der Waals surface area contributed by atoms with Crippen molar-refractivity contribution in [1.29, 1.82) is 0 Å². The van der Waals surface area contributed by atoms with E-state index < -0.39 is 0 Å². The van der Waals surface area contributed by atoms with Crippen LogP contribution in [0.4, 0.5) is 0 Å². The van der Waals surface area contributed by atoms with Gasteiger partial charge in [-0.25, -0.2) is 9.97 Å². The van der Waals surface area contributed by atoms with E-state index in [-0.39, 0.29) is 0 Å². The maximum Gasteiger partial charge on any atom is 0.0979 e. The molecule has 0 unspecified atom stereocenters. The molecule has 0 radical (unpaired) electrons. The van der Waals surface area contributed by atoms with Crippen LogP contribution in [0.15, 0.2) is 146 Å². The summed E-state index contributed by atoms with van der Waals surface area (Å²) in [5.74, 6) is 0. The van der Waals surface area contributed by atoms with Crippen molar-refractivity contribution in [3.63, 3.8) is 0 Å². The Bertz CT molecular complexity index is 1890. The van der Waals surface area contributed by atoms with Crippen LogP contribution in [0, 0.1) is 0 Å². The largest absolute Gasteiger partial charge is 0.243 e. The molecule has 0 aliphatic carbocycles. The molecule has 2 heteroatoms. The molecule has 0 saturated carbocycles. The smallest absolute Gasteiger partial charge is 0.0979 e. The number of rotatable bonds is 4. The highest BCUT2D eigenvalue weighted by molar-refractivity contribution is 6.03. The summed E-state index contributed by atoms with van der Waals surface area (Å²) in [7, 11) is 0. The Kier molecular flexibility index (Phi) is 5.49. The minimum Gasteiger partial charge on any atom is -0.243 e. The summed E-state index contributed by atoms with van der Waals surface area (Å²) in [6, 6.07) is 50.7. The first-order chi connectivity index (χ1) is 18.8. The van der Waals surface area contributed by atoms with Gasteiger partial charge in [-0.05, 0) is 28.0 Å². The van der Waals surface area contributed by atoms with E-state index in [0.29, 0.717) is 0 Å². The Labute approximate surface area is 221 Å². The van der Waals surface area contributed by atoms with Gasteiger partial charge in [0.2, 0.25) is 0 Å². The van der Waals surface area contributed by atoms with Gasteiger partial charge in [-0.15, -0.1) is 0 Å². The number of benzene rings is 6. The molecule has 1 heterocycles. The summed E-state index contributed by atoms with van der Waals surface area (Å²) >= 11 is 0. The van der Waals surface area contributed by atoms with Crippen molar-refractivity contribution in [2.75, 3.05) is 0 Å². The van der Waals surface area contributed by atoms with Gasteiger partial charge in [0.05, 0.1) is 22.4 Å². The fourth-order valence-electron chi connectivity index (χ4n) is 5.17. The fraction of sp³-hybridized carbons (Fsp3) is 0. The van der Waals surface area contributed by atoms with Crippen LogP contribution in [0.2, 0.25) is 0 Å². The lowest BCUT2D eigenvalue weighted by atomic mass is 9.95.